The Labute approximate surface area is 171 Å². The molecule has 5 nitrogen and oxygen atoms in total. The second-order valence-corrected chi connectivity index (χ2v) is 9.41. The van der Waals surface area contributed by atoms with E-state index in [4.69, 9.17) is 4.74 Å². The van der Waals surface area contributed by atoms with Crippen molar-refractivity contribution in [3.8, 4) is 0 Å². The van der Waals surface area contributed by atoms with Gasteiger partial charge in [-0.2, -0.15) is 0 Å². The van der Waals surface area contributed by atoms with Crippen LogP contribution in [0.5, 0.6) is 0 Å². The Hall–Kier alpha value is -1.56. The lowest BCUT2D eigenvalue weighted by molar-refractivity contribution is 0.0124. The number of likely N-dealkylation sites (tertiary alicyclic amines) is 1. The minimum absolute atomic E-state index is 0.0503. The second kappa shape index (κ2) is 9.09. The molecule has 6 heteroatoms. The van der Waals surface area contributed by atoms with E-state index in [2.05, 4.69) is 15.9 Å². The Bertz CT molecular complexity index is 670. The fraction of sp³-hybridized carbons (Fsp3) is 0.619. The van der Waals surface area contributed by atoms with Crippen LogP contribution in [-0.2, 0) is 4.74 Å². The summed E-state index contributed by atoms with van der Waals surface area (Å²) < 4.78 is 6.46. The third kappa shape index (κ3) is 6.52. The highest BCUT2D eigenvalue weighted by molar-refractivity contribution is 9.10. The Kier molecular flexibility index (Phi) is 7.32. The molecule has 0 aliphatic carbocycles. The summed E-state index contributed by atoms with van der Waals surface area (Å²) in [4.78, 5) is 29.1. The molecule has 1 saturated heterocycles. The average molecular weight is 439 g/mol. The molecule has 1 aliphatic rings. The Morgan fingerprint density at radius 1 is 1.33 bits per heavy atom. The first kappa shape index (κ1) is 21.7. The van der Waals surface area contributed by atoms with Crippen LogP contribution in [0.2, 0.25) is 0 Å². The molecule has 0 spiro atoms. The number of rotatable bonds is 4. The van der Waals surface area contributed by atoms with Gasteiger partial charge in [-0.3, -0.25) is 4.79 Å². The number of benzene rings is 1. The molecule has 150 valence electrons. The van der Waals surface area contributed by atoms with E-state index in [1.165, 1.54) is 0 Å². The van der Waals surface area contributed by atoms with Gasteiger partial charge in [0.25, 0.3) is 5.91 Å². The number of hydrogen-bond donors (Lipinski definition) is 0. The van der Waals surface area contributed by atoms with Crippen LogP contribution in [0.25, 0.3) is 0 Å². The van der Waals surface area contributed by atoms with Crippen molar-refractivity contribution in [3.63, 3.8) is 0 Å². The number of ether oxygens (including phenoxy) is 1. The van der Waals surface area contributed by atoms with Gasteiger partial charge >= 0.3 is 6.09 Å². The van der Waals surface area contributed by atoms with Crippen molar-refractivity contribution in [1.29, 1.82) is 0 Å². The standard InChI is InChI=1S/C21H31BrN2O3/c1-15(2)24(20(26)27-21(3,4)5)14-16-8-7-11-23(13-16)19(25)17-9-6-10-18(22)12-17/h6,9-10,12,15-16H,7-8,11,13-14H2,1-5H3. The average Bonchev–Trinajstić information content (AvgIpc) is 2.57. The first-order valence-electron chi connectivity index (χ1n) is 9.61. The molecule has 2 rings (SSSR count). The van der Waals surface area contributed by atoms with Crippen LogP contribution in [0.15, 0.2) is 28.7 Å². The van der Waals surface area contributed by atoms with Crippen LogP contribution >= 0.6 is 15.9 Å². The summed E-state index contributed by atoms with van der Waals surface area (Å²) in [6.45, 7) is 11.7. The van der Waals surface area contributed by atoms with Gasteiger partial charge in [-0.05, 0) is 71.6 Å². The molecule has 1 aromatic rings. The molecular formula is C21H31BrN2O3. The van der Waals surface area contributed by atoms with Crippen molar-refractivity contribution in [2.75, 3.05) is 19.6 Å². The van der Waals surface area contributed by atoms with Crippen molar-refractivity contribution < 1.29 is 14.3 Å². The highest BCUT2D eigenvalue weighted by atomic mass is 79.9. The molecule has 1 unspecified atom stereocenters. The van der Waals surface area contributed by atoms with Crippen molar-refractivity contribution in [1.82, 2.24) is 9.80 Å². The molecule has 1 aromatic carbocycles. The molecule has 2 amide bonds. The zero-order valence-corrected chi connectivity index (χ0v) is 18.6. The Morgan fingerprint density at radius 2 is 2.04 bits per heavy atom. The van der Waals surface area contributed by atoms with Gasteiger partial charge in [0.1, 0.15) is 5.60 Å². The lowest BCUT2D eigenvalue weighted by Crippen LogP contribution is -2.48. The first-order chi connectivity index (χ1) is 12.6. The lowest BCUT2D eigenvalue weighted by atomic mass is 9.96. The summed E-state index contributed by atoms with van der Waals surface area (Å²) in [5.74, 6) is 0.305. The van der Waals surface area contributed by atoms with E-state index in [9.17, 15) is 9.59 Å². The molecule has 1 heterocycles. The summed E-state index contributed by atoms with van der Waals surface area (Å²) >= 11 is 3.43. The molecule has 1 fully saturated rings. The van der Waals surface area contributed by atoms with E-state index in [-0.39, 0.29) is 24.0 Å². The van der Waals surface area contributed by atoms with Crippen molar-refractivity contribution in [3.05, 3.63) is 34.3 Å². The predicted octanol–water partition coefficient (Wildman–Crippen LogP) is 4.95. The van der Waals surface area contributed by atoms with Gasteiger partial charge in [0.2, 0.25) is 0 Å². The van der Waals surface area contributed by atoms with Gasteiger partial charge in [0, 0.05) is 35.7 Å². The van der Waals surface area contributed by atoms with Gasteiger partial charge in [0.15, 0.2) is 0 Å². The summed E-state index contributed by atoms with van der Waals surface area (Å²) in [6.07, 6.45) is 1.67. The minimum atomic E-state index is -0.514. The zero-order valence-electron chi connectivity index (χ0n) is 17.0. The maximum Gasteiger partial charge on any atom is 0.410 e. The largest absolute Gasteiger partial charge is 0.444 e. The third-order valence-electron chi connectivity index (χ3n) is 4.58. The van der Waals surface area contributed by atoms with Crippen molar-refractivity contribution >= 4 is 27.9 Å². The highest BCUT2D eigenvalue weighted by Crippen LogP contribution is 2.23. The Morgan fingerprint density at radius 3 is 2.63 bits per heavy atom. The normalized spacial score (nSPS) is 17.7. The van der Waals surface area contributed by atoms with Gasteiger partial charge < -0.3 is 14.5 Å². The van der Waals surface area contributed by atoms with Crippen LogP contribution in [-0.4, -0.2) is 53.1 Å². The van der Waals surface area contributed by atoms with Crippen molar-refractivity contribution in [2.24, 2.45) is 5.92 Å². The molecular weight excluding hydrogens is 408 g/mol. The maximum atomic E-state index is 12.8. The number of piperidine rings is 1. The summed E-state index contributed by atoms with van der Waals surface area (Å²) in [7, 11) is 0. The fourth-order valence-corrected chi connectivity index (χ4v) is 3.70. The SMILES string of the molecule is CC(C)N(CC1CCCN(C(=O)c2cccc(Br)c2)C1)C(=O)OC(C)(C)C. The second-order valence-electron chi connectivity index (χ2n) is 8.50. The quantitative estimate of drug-likeness (QED) is 0.667. The van der Waals surface area contributed by atoms with E-state index in [0.29, 0.717) is 18.7 Å². The van der Waals surface area contributed by atoms with E-state index in [1.807, 2.05) is 63.8 Å². The van der Waals surface area contributed by atoms with E-state index in [1.54, 1.807) is 4.90 Å². The molecule has 0 N–H and O–H groups in total. The van der Waals surface area contributed by atoms with Gasteiger partial charge in [-0.1, -0.05) is 22.0 Å². The van der Waals surface area contributed by atoms with E-state index < -0.39 is 5.60 Å². The van der Waals surface area contributed by atoms with Crippen molar-refractivity contribution in [2.45, 2.75) is 59.1 Å². The number of amides is 2. The molecule has 0 saturated carbocycles. The number of hydrogen-bond acceptors (Lipinski definition) is 3. The summed E-state index contributed by atoms with van der Waals surface area (Å²) in [6, 6.07) is 7.54. The Balaban J connectivity index is 2.03. The van der Waals surface area contributed by atoms with Crippen LogP contribution in [0, 0.1) is 5.92 Å². The van der Waals surface area contributed by atoms with Crippen LogP contribution in [0.3, 0.4) is 0 Å². The highest BCUT2D eigenvalue weighted by Gasteiger charge is 2.30. The minimum Gasteiger partial charge on any atom is -0.444 e. The molecule has 0 aromatic heterocycles. The lowest BCUT2D eigenvalue weighted by Gasteiger charge is -2.37. The van der Waals surface area contributed by atoms with Crippen LogP contribution in [0.1, 0.15) is 57.8 Å². The third-order valence-corrected chi connectivity index (χ3v) is 5.08. The number of nitrogens with zero attached hydrogens (tertiary/aromatic N) is 2. The van der Waals surface area contributed by atoms with Gasteiger partial charge in [0.05, 0.1) is 0 Å². The van der Waals surface area contributed by atoms with Crippen LogP contribution < -0.4 is 0 Å². The predicted molar refractivity (Wildman–Crippen MR) is 111 cm³/mol. The summed E-state index contributed by atoms with van der Waals surface area (Å²) in [5, 5.41) is 0. The molecule has 0 radical (unpaired) electrons. The molecule has 1 aliphatic heterocycles. The topological polar surface area (TPSA) is 49.9 Å². The van der Waals surface area contributed by atoms with E-state index >= 15 is 0 Å². The first-order valence-corrected chi connectivity index (χ1v) is 10.4. The monoisotopic (exact) mass is 438 g/mol. The molecule has 1 atom stereocenters. The summed E-state index contributed by atoms with van der Waals surface area (Å²) in [5.41, 5.74) is 0.178. The zero-order chi connectivity index (χ0) is 20.2. The fourth-order valence-electron chi connectivity index (χ4n) is 3.30. The van der Waals surface area contributed by atoms with Gasteiger partial charge in [-0.25, -0.2) is 4.79 Å². The smallest absolute Gasteiger partial charge is 0.410 e. The van der Waals surface area contributed by atoms with Crippen LogP contribution in [0.4, 0.5) is 4.79 Å². The van der Waals surface area contributed by atoms with Gasteiger partial charge in [-0.15, -0.1) is 0 Å². The van der Waals surface area contributed by atoms with E-state index in [0.717, 1.165) is 23.9 Å². The molecule has 27 heavy (non-hydrogen) atoms. The maximum absolute atomic E-state index is 12.8. The molecule has 0 bridgehead atoms. The number of carbonyl (C=O) groups excluding carboxylic acids is 2. The number of halogens is 1. The number of carbonyl (C=O) groups is 2.